The Morgan fingerprint density at radius 3 is 2.81 bits per heavy atom. The molecule has 3 rings (SSSR count). The number of aryl methyl sites for hydroxylation is 1. The molecule has 0 saturated carbocycles. The minimum Gasteiger partial charge on any atom is -0.358 e. The van der Waals surface area contributed by atoms with Crippen LogP contribution in [0, 0.1) is 6.92 Å². The predicted molar refractivity (Wildman–Crippen MR) is 87.1 cm³/mol. The largest absolute Gasteiger partial charge is 0.358 e. The van der Waals surface area contributed by atoms with Crippen molar-refractivity contribution in [3.8, 4) is 0 Å². The Bertz CT molecular complexity index is 758. The number of carbonyl (C=O) groups is 1. The standard InChI is InChI=1S/C17H18N2OS/c1-12-17(14-7-3-4-8-15(14)18-12)16(20)11-19(2)10-13-6-5-9-21-13/h3-9,18H,10-11H2,1-2H3/p+1. The maximum absolute atomic E-state index is 12.6. The van der Waals surface area contributed by atoms with Gasteiger partial charge in [-0.15, -0.1) is 11.3 Å². The lowest BCUT2D eigenvalue weighted by Crippen LogP contribution is -3.08. The van der Waals surface area contributed by atoms with Crippen LogP contribution in [0.1, 0.15) is 20.9 Å². The lowest BCUT2D eigenvalue weighted by molar-refractivity contribution is -0.884. The molecule has 0 aliphatic carbocycles. The number of quaternary nitrogens is 1. The molecular formula is C17H19N2OS+. The van der Waals surface area contributed by atoms with Crippen molar-refractivity contribution >= 4 is 28.0 Å². The Morgan fingerprint density at radius 1 is 1.24 bits per heavy atom. The molecule has 0 aliphatic heterocycles. The fourth-order valence-corrected chi connectivity index (χ4v) is 3.59. The lowest BCUT2D eigenvalue weighted by atomic mass is 10.1. The molecule has 3 aromatic rings. The molecule has 108 valence electrons. The van der Waals surface area contributed by atoms with E-state index in [9.17, 15) is 4.79 Å². The molecule has 0 spiro atoms. The van der Waals surface area contributed by atoms with Crippen molar-refractivity contribution in [2.45, 2.75) is 13.5 Å². The van der Waals surface area contributed by atoms with Gasteiger partial charge in [-0.1, -0.05) is 24.3 Å². The van der Waals surface area contributed by atoms with Gasteiger partial charge in [-0.2, -0.15) is 0 Å². The van der Waals surface area contributed by atoms with Crippen LogP contribution in [0.4, 0.5) is 0 Å². The van der Waals surface area contributed by atoms with Crippen LogP contribution in [-0.2, 0) is 6.54 Å². The second-order valence-electron chi connectivity index (χ2n) is 5.48. The molecule has 4 heteroatoms. The lowest BCUT2D eigenvalue weighted by Gasteiger charge is -2.12. The Balaban J connectivity index is 1.79. The van der Waals surface area contributed by atoms with Crippen molar-refractivity contribution in [1.82, 2.24) is 4.98 Å². The number of thiophene rings is 1. The van der Waals surface area contributed by atoms with E-state index in [1.165, 1.54) is 9.78 Å². The van der Waals surface area contributed by atoms with Crippen LogP contribution >= 0.6 is 11.3 Å². The monoisotopic (exact) mass is 299 g/mol. The Hall–Kier alpha value is -1.91. The van der Waals surface area contributed by atoms with Crippen molar-refractivity contribution in [3.05, 3.63) is 57.9 Å². The summed E-state index contributed by atoms with van der Waals surface area (Å²) >= 11 is 1.74. The molecule has 0 amide bonds. The minimum absolute atomic E-state index is 0.207. The van der Waals surface area contributed by atoms with Gasteiger partial charge < -0.3 is 9.88 Å². The van der Waals surface area contributed by atoms with Crippen molar-refractivity contribution in [2.75, 3.05) is 13.6 Å². The summed E-state index contributed by atoms with van der Waals surface area (Å²) in [5, 5.41) is 3.11. The zero-order chi connectivity index (χ0) is 14.8. The molecule has 0 saturated heterocycles. The number of benzene rings is 1. The topological polar surface area (TPSA) is 37.3 Å². The van der Waals surface area contributed by atoms with E-state index in [1.54, 1.807) is 11.3 Å². The van der Waals surface area contributed by atoms with Crippen LogP contribution in [0.2, 0.25) is 0 Å². The summed E-state index contributed by atoms with van der Waals surface area (Å²) < 4.78 is 0. The summed E-state index contributed by atoms with van der Waals surface area (Å²) in [6.45, 7) is 3.38. The maximum Gasteiger partial charge on any atom is 0.219 e. The molecular weight excluding hydrogens is 280 g/mol. The first-order chi connectivity index (χ1) is 10.1. The first-order valence-corrected chi connectivity index (χ1v) is 7.97. The van der Waals surface area contributed by atoms with Crippen LogP contribution in [0.25, 0.3) is 10.9 Å². The molecule has 1 atom stereocenters. The number of fused-ring (bicyclic) bond motifs is 1. The number of para-hydroxylation sites is 1. The predicted octanol–water partition coefficient (Wildman–Crippen LogP) is 2.44. The number of nitrogens with one attached hydrogen (secondary N) is 2. The number of likely N-dealkylation sites (N-methyl/N-ethyl adjacent to an activating group) is 1. The molecule has 0 bridgehead atoms. The van der Waals surface area contributed by atoms with Crippen molar-refractivity contribution in [1.29, 1.82) is 0 Å². The van der Waals surface area contributed by atoms with Gasteiger partial charge >= 0.3 is 0 Å². The number of ketones is 1. The number of H-pyrrole nitrogens is 1. The fraction of sp³-hybridized carbons (Fsp3) is 0.235. The zero-order valence-corrected chi connectivity index (χ0v) is 13.1. The quantitative estimate of drug-likeness (QED) is 0.698. The smallest absolute Gasteiger partial charge is 0.219 e. The number of aromatic nitrogens is 1. The second-order valence-corrected chi connectivity index (χ2v) is 6.52. The van der Waals surface area contributed by atoms with Crippen molar-refractivity contribution < 1.29 is 9.69 Å². The molecule has 1 aromatic carbocycles. The van der Waals surface area contributed by atoms with Gasteiger partial charge in [0.15, 0.2) is 0 Å². The van der Waals surface area contributed by atoms with Crippen molar-refractivity contribution in [3.63, 3.8) is 0 Å². The van der Waals surface area contributed by atoms with Crippen LogP contribution < -0.4 is 4.90 Å². The average Bonchev–Trinajstić information content (AvgIpc) is 3.04. The zero-order valence-electron chi connectivity index (χ0n) is 12.3. The number of aromatic amines is 1. The molecule has 0 radical (unpaired) electrons. The third kappa shape index (κ3) is 2.91. The second kappa shape index (κ2) is 5.84. The Labute approximate surface area is 128 Å². The molecule has 0 aliphatic rings. The van der Waals surface area contributed by atoms with Gasteiger partial charge in [0.25, 0.3) is 0 Å². The Morgan fingerprint density at radius 2 is 2.05 bits per heavy atom. The highest BCUT2D eigenvalue weighted by molar-refractivity contribution is 7.09. The summed E-state index contributed by atoms with van der Waals surface area (Å²) in [4.78, 5) is 18.5. The molecule has 21 heavy (non-hydrogen) atoms. The van der Waals surface area contributed by atoms with Gasteiger partial charge in [-0.25, -0.2) is 0 Å². The molecule has 0 fully saturated rings. The summed E-state index contributed by atoms with van der Waals surface area (Å²) in [6.07, 6.45) is 0. The molecule has 2 heterocycles. The molecule has 2 aromatic heterocycles. The van der Waals surface area contributed by atoms with Gasteiger partial charge in [0, 0.05) is 16.6 Å². The van der Waals surface area contributed by atoms with Crippen LogP contribution in [-0.4, -0.2) is 24.4 Å². The highest BCUT2D eigenvalue weighted by Gasteiger charge is 2.19. The van der Waals surface area contributed by atoms with Gasteiger partial charge in [-0.3, -0.25) is 4.79 Å². The first-order valence-electron chi connectivity index (χ1n) is 7.09. The van der Waals surface area contributed by atoms with E-state index < -0.39 is 0 Å². The summed E-state index contributed by atoms with van der Waals surface area (Å²) in [7, 11) is 2.07. The molecule has 2 N–H and O–H groups in total. The van der Waals surface area contributed by atoms with E-state index in [2.05, 4.69) is 29.5 Å². The number of hydrogen-bond acceptors (Lipinski definition) is 2. The van der Waals surface area contributed by atoms with Gasteiger partial charge in [-0.05, 0) is 24.4 Å². The highest BCUT2D eigenvalue weighted by Crippen LogP contribution is 2.21. The van der Waals surface area contributed by atoms with E-state index in [1.807, 2.05) is 31.2 Å². The van der Waals surface area contributed by atoms with E-state index in [-0.39, 0.29) is 5.78 Å². The molecule has 1 unspecified atom stereocenters. The number of carbonyl (C=O) groups excluding carboxylic acids is 1. The van der Waals surface area contributed by atoms with Crippen LogP contribution in [0.3, 0.4) is 0 Å². The van der Waals surface area contributed by atoms with E-state index in [4.69, 9.17) is 0 Å². The van der Waals surface area contributed by atoms with Gasteiger partial charge in [0.1, 0.15) is 13.1 Å². The normalized spacial score (nSPS) is 12.7. The van der Waals surface area contributed by atoms with E-state index in [0.29, 0.717) is 6.54 Å². The average molecular weight is 299 g/mol. The summed E-state index contributed by atoms with van der Waals surface area (Å²) in [6, 6.07) is 12.2. The highest BCUT2D eigenvalue weighted by atomic mass is 32.1. The Kier molecular flexibility index (Phi) is 3.90. The van der Waals surface area contributed by atoms with Gasteiger partial charge in [0.05, 0.1) is 17.5 Å². The number of Topliss-reactive ketones (excluding diaryl/α,β-unsaturated/α-hetero) is 1. The molecule has 3 nitrogen and oxygen atoms in total. The third-order valence-corrected chi connectivity index (χ3v) is 4.57. The van der Waals surface area contributed by atoms with E-state index in [0.717, 1.165) is 28.7 Å². The summed E-state index contributed by atoms with van der Waals surface area (Å²) in [5.74, 6) is 0.207. The van der Waals surface area contributed by atoms with Crippen LogP contribution in [0.5, 0.6) is 0 Å². The fourth-order valence-electron chi connectivity index (χ4n) is 2.77. The number of hydrogen-bond donors (Lipinski definition) is 2. The number of rotatable bonds is 5. The van der Waals surface area contributed by atoms with E-state index >= 15 is 0 Å². The van der Waals surface area contributed by atoms with Gasteiger partial charge in [0.2, 0.25) is 5.78 Å². The van der Waals surface area contributed by atoms with Crippen molar-refractivity contribution in [2.24, 2.45) is 0 Å². The third-order valence-electron chi connectivity index (χ3n) is 3.69. The maximum atomic E-state index is 12.6. The SMILES string of the molecule is Cc1[nH]c2ccccc2c1C(=O)C[NH+](C)Cc1cccs1. The minimum atomic E-state index is 0.207. The van der Waals surface area contributed by atoms with Crippen LogP contribution in [0.15, 0.2) is 41.8 Å². The first kappa shape index (κ1) is 14.0. The summed E-state index contributed by atoms with van der Waals surface area (Å²) in [5.41, 5.74) is 2.84.